The highest BCUT2D eigenvalue weighted by atomic mass is 16.5. The van der Waals surface area contributed by atoms with Crippen LogP contribution in [0.3, 0.4) is 0 Å². The number of nitrogens with zero attached hydrogens (tertiary/aromatic N) is 2. The second-order valence-corrected chi connectivity index (χ2v) is 8.45. The van der Waals surface area contributed by atoms with Crippen molar-refractivity contribution < 1.29 is 9.53 Å². The van der Waals surface area contributed by atoms with E-state index in [-0.39, 0.29) is 5.41 Å². The second-order valence-electron chi connectivity index (χ2n) is 8.45. The van der Waals surface area contributed by atoms with Crippen molar-refractivity contribution in [3.8, 4) is 0 Å². The number of rotatable bonds is 5. The first-order chi connectivity index (χ1) is 11.2. The van der Waals surface area contributed by atoms with Crippen LogP contribution in [0.25, 0.3) is 0 Å². The first kappa shape index (κ1) is 15.9. The number of amides is 1. The van der Waals surface area contributed by atoms with Gasteiger partial charge in [-0.1, -0.05) is 12.8 Å². The molecule has 1 saturated heterocycles. The van der Waals surface area contributed by atoms with Crippen molar-refractivity contribution in [3.05, 3.63) is 0 Å². The Balaban J connectivity index is 1.31. The molecule has 4 fully saturated rings. The van der Waals surface area contributed by atoms with Crippen molar-refractivity contribution >= 4 is 5.91 Å². The van der Waals surface area contributed by atoms with Gasteiger partial charge in [-0.3, -0.25) is 9.69 Å². The third kappa shape index (κ3) is 2.82. The maximum absolute atomic E-state index is 13.0. The molecule has 4 nitrogen and oxygen atoms in total. The number of hydrogen-bond acceptors (Lipinski definition) is 3. The maximum atomic E-state index is 13.0. The van der Waals surface area contributed by atoms with Crippen molar-refractivity contribution in [1.82, 2.24) is 9.80 Å². The predicted octanol–water partition coefficient (Wildman–Crippen LogP) is 2.53. The number of piperazine rings is 1. The zero-order valence-electron chi connectivity index (χ0n) is 14.6. The van der Waals surface area contributed by atoms with Gasteiger partial charge in [0.25, 0.3) is 0 Å². The van der Waals surface area contributed by atoms with E-state index < -0.39 is 0 Å². The number of hydrogen-bond donors (Lipinski definition) is 0. The van der Waals surface area contributed by atoms with Gasteiger partial charge in [-0.05, 0) is 50.4 Å². The summed E-state index contributed by atoms with van der Waals surface area (Å²) in [6.07, 6.45) is 10.1. The Morgan fingerprint density at radius 3 is 2.43 bits per heavy atom. The van der Waals surface area contributed by atoms with E-state index in [0.29, 0.717) is 5.91 Å². The molecule has 4 rings (SSSR count). The Labute approximate surface area is 140 Å². The molecular weight excluding hydrogens is 288 g/mol. The molecule has 0 N–H and O–H groups in total. The highest BCUT2D eigenvalue weighted by Gasteiger charge is 2.47. The van der Waals surface area contributed by atoms with Gasteiger partial charge in [-0.25, -0.2) is 0 Å². The van der Waals surface area contributed by atoms with Crippen molar-refractivity contribution in [2.75, 3.05) is 39.9 Å². The van der Waals surface area contributed by atoms with Gasteiger partial charge in [-0.2, -0.15) is 0 Å². The molecule has 0 radical (unpaired) electrons. The van der Waals surface area contributed by atoms with Gasteiger partial charge in [0.2, 0.25) is 5.91 Å². The summed E-state index contributed by atoms with van der Waals surface area (Å²) in [6.45, 7) is 4.81. The van der Waals surface area contributed by atoms with E-state index in [4.69, 9.17) is 4.74 Å². The van der Waals surface area contributed by atoms with Gasteiger partial charge >= 0.3 is 0 Å². The van der Waals surface area contributed by atoms with Crippen LogP contribution in [-0.4, -0.2) is 61.6 Å². The Hall–Kier alpha value is -0.610. The van der Waals surface area contributed by atoms with Gasteiger partial charge in [-0.15, -0.1) is 0 Å². The summed E-state index contributed by atoms with van der Waals surface area (Å²) in [5, 5.41) is 0. The molecule has 0 aromatic rings. The molecule has 3 saturated carbocycles. The Morgan fingerprint density at radius 2 is 1.91 bits per heavy atom. The zero-order valence-corrected chi connectivity index (χ0v) is 14.6. The molecule has 3 atom stereocenters. The fourth-order valence-electron chi connectivity index (χ4n) is 5.72. The minimum Gasteiger partial charge on any atom is -0.385 e. The molecule has 0 aromatic carbocycles. The van der Waals surface area contributed by atoms with Crippen LogP contribution in [0.2, 0.25) is 0 Å². The molecular formula is C19H32N2O2. The molecule has 0 spiro atoms. The van der Waals surface area contributed by atoms with E-state index in [1.54, 1.807) is 7.11 Å². The number of ether oxygens (including phenoxy) is 1. The highest BCUT2D eigenvalue weighted by Crippen LogP contribution is 2.48. The van der Waals surface area contributed by atoms with Crippen molar-refractivity contribution in [3.63, 3.8) is 0 Å². The van der Waals surface area contributed by atoms with Crippen LogP contribution in [0.15, 0.2) is 0 Å². The lowest BCUT2D eigenvalue weighted by atomic mass is 9.65. The standard InChI is InChI=1S/C19H32N2O2/c1-23-12-7-19(5-2-6-19)18(22)21-10-8-20(9-11-21)17-14-15-3-4-16(17)13-15/h15-17H,2-14H2,1H3/t15-,16-,17+/m0/s1. The Morgan fingerprint density at radius 1 is 1.13 bits per heavy atom. The molecule has 4 aliphatic rings. The third-order valence-corrected chi connectivity index (χ3v) is 7.32. The lowest BCUT2D eigenvalue weighted by molar-refractivity contribution is -0.151. The fraction of sp³-hybridized carbons (Fsp3) is 0.947. The summed E-state index contributed by atoms with van der Waals surface area (Å²) in [6, 6.07) is 0.831. The second kappa shape index (κ2) is 6.36. The van der Waals surface area contributed by atoms with E-state index >= 15 is 0 Å². The molecule has 0 aromatic heterocycles. The van der Waals surface area contributed by atoms with Crippen molar-refractivity contribution in [1.29, 1.82) is 0 Å². The van der Waals surface area contributed by atoms with E-state index in [1.165, 1.54) is 32.1 Å². The minimum atomic E-state index is -0.0788. The lowest BCUT2D eigenvalue weighted by Crippen LogP contribution is -2.57. The van der Waals surface area contributed by atoms with Crippen molar-refractivity contribution in [2.24, 2.45) is 17.3 Å². The number of fused-ring (bicyclic) bond motifs is 2. The van der Waals surface area contributed by atoms with Gasteiger partial charge in [0, 0.05) is 45.9 Å². The van der Waals surface area contributed by atoms with E-state index in [2.05, 4.69) is 9.80 Å². The average molecular weight is 320 g/mol. The molecule has 4 heteroatoms. The van der Waals surface area contributed by atoms with Crippen LogP contribution >= 0.6 is 0 Å². The molecule has 3 aliphatic carbocycles. The van der Waals surface area contributed by atoms with Crippen LogP contribution < -0.4 is 0 Å². The van der Waals surface area contributed by atoms with Crippen LogP contribution in [0.4, 0.5) is 0 Å². The highest BCUT2D eigenvalue weighted by molar-refractivity contribution is 5.83. The topological polar surface area (TPSA) is 32.8 Å². The lowest BCUT2D eigenvalue weighted by Gasteiger charge is -2.47. The van der Waals surface area contributed by atoms with E-state index in [1.807, 2.05) is 0 Å². The Bertz CT molecular complexity index is 441. The van der Waals surface area contributed by atoms with Crippen LogP contribution in [-0.2, 0) is 9.53 Å². The van der Waals surface area contributed by atoms with Gasteiger partial charge in [0.1, 0.15) is 0 Å². The molecule has 130 valence electrons. The summed E-state index contributed by atoms with van der Waals surface area (Å²) in [5.41, 5.74) is -0.0788. The quantitative estimate of drug-likeness (QED) is 0.780. The first-order valence-electron chi connectivity index (χ1n) is 9.74. The summed E-state index contributed by atoms with van der Waals surface area (Å²) < 4.78 is 5.24. The van der Waals surface area contributed by atoms with Crippen molar-refractivity contribution in [2.45, 2.75) is 57.4 Å². The largest absolute Gasteiger partial charge is 0.385 e. The van der Waals surface area contributed by atoms with Gasteiger partial charge < -0.3 is 9.64 Å². The monoisotopic (exact) mass is 320 g/mol. The van der Waals surface area contributed by atoms with Crippen LogP contribution in [0, 0.1) is 17.3 Å². The van der Waals surface area contributed by atoms with Gasteiger partial charge in [0.05, 0.1) is 5.41 Å². The summed E-state index contributed by atoms with van der Waals surface area (Å²) in [5.74, 6) is 2.40. The van der Waals surface area contributed by atoms with Crippen LogP contribution in [0.5, 0.6) is 0 Å². The Kier molecular flexibility index (Phi) is 4.39. The summed E-state index contributed by atoms with van der Waals surface area (Å²) in [7, 11) is 1.74. The number of carbonyl (C=O) groups is 1. The number of methoxy groups -OCH3 is 1. The normalized spacial score (nSPS) is 36.2. The van der Waals surface area contributed by atoms with E-state index in [9.17, 15) is 4.79 Å². The minimum absolute atomic E-state index is 0.0788. The average Bonchev–Trinajstić information content (AvgIpc) is 3.17. The summed E-state index contributed by atoms with van der Waals surface area (Å²) >= 11 is 0. The smallest absolute Gasteiger partial charge is 0.228 e. The van der Waals surface area contributed by atoms with Crippen LogP contribution in [0.1, 0.15) is 51.4 Å². The third-order valence-electron chi connectivity index (χ3n) is 7.32. The molecule has 1 aliphatic heterocycles. The molecule has 0 unspecified atom stereocenters. The predicted molar refractivity (Wildman–Crippen MR) is 90.2 cm³/mol. The SMILES string of the molecule is COCCC1(C(=O)N2CCN([C@@H]3C[C@H]4CC[C@H]3C4)CC2)CCC1. The maximum Gasteiger partial charge on any atom is 0.228 e. The molecule has 1 heterocycles. The number of carbonyl (C=O) groups excluding carboxylic acids is 1. The molecule has 1 amide bonds. The molecule has 23 heavy (non-hydrogen) atoms. The zero-order chi connectivity index (χ0) is 15.9. The molecule has 2 bridgehead atoms. The van der Waals surface area contributed by atoms with E-state index in [0.717, 1.165) is 69.9 Å². The fourth-order valence-corrected chi connectivity index (χ4v) is 5.72. The van der Waals surface area contributed by atoms with Gasteiger partial charge in [0.15, 0.2) is 0 Å². The first-order valence-corrected chi connectivity index (χ1v) is 9.74. The summed E-state index contributed by atoms with van der Waals surface area (Å²) in [4.78, 5) is 17.9.